The molecule has 50 valence electrons. The van der Waals surface area contributed by atoms with Gasteiger partial charge < -0.3 is 0 Å². The van der Waals surface area contributed by atoms with Crippen molar-refractivity contribution < 1.29 is 8.42 Å². The average Bonchev–Trinajstić information content (AvgIpc) is 2.10. The summed E-state index contributed by atoms with van der Waals surface area (Å²) in [4.78, 5) is 0. The van der Waals surface area contributed by atoms with E-state index in [0.29, 0.717) is 6.54 Å². The number of azo groups is 1. The van der Waals surface area contributed by atoms with Crippen molar-refractivity contribution in [1.82, 2.24) is 0 Å². The number of hydrogen-bond donors (Lipinski definition) is 0. The highest BCUT2D eigenvalue weighted by molar-refractivity contribution is 7.93. The Bertz CT molecular complexity index is 256. The normalized spacial score (nSPS) is 44.0. The van der Waals surface area contributed by atoms with Gasteiger partial charge in [0.2, 0.25) is 0 Å². The fraction of sp³-hybridized carbons (Fsp3) is 1.00. The van der Waals surface area contributed by atoms with Crippen molar-refractivity contribution >= 4 is 9.84 Å². The summed E-state index contributed by atoms with van der Waals surface area (Å²) in [6.07, 6.45) is 0. The third-order valence-corrected chi connectivity index (χ3v) is 3.98. The predicted molar refractivity (Wildman–Crippen MR) is 31.1 cm³/mol. The van der Waals surface area contributed by atoms with E-state index in [-0.39, 0.29) is 17.0 Å². The first kappa shape index (κ1) is 5.34. The molecule has 0 N–H and O–H groups in total. The minimum Gasteiger partial charge on any atom is -0.228 e. The maximum Gasteiger partial charge on any atom is 0.159 e. The Morgan fingerprint density at radius 2 is 2.22 bits per heavy atom. The van der Waals surface area contributed by atoms with E-state index in [9.17, 15) is 8.42 Å². The van der Waals surface area contributed by atoms with Crippen molar-refractivity contribution in [2.45, 2.75) is 11.3 Å². The van der Waals surface area contributed by atoms with Gasteiger partial charge in [0.15, 0.2) is 9.84 Å². The van der Waals surface area contributed by atoms with Gasteiger partial charge in [0.25, 0.3) is 0 Å². The Balaban J connectivity index is 2.33. The number of sulfone groups is 1. The number of hydrogen-bond acceptors (Lipinski definition) is 4. The molecule has 2 aliphatic heterocycles. The third kappa shape index (κ3) is 0.551. The van der Waals surface area contributed by atoms with Crippen LogP contribution in [0.5, 0.6) is 0 Å². The molecule has 0 amide bonds. The highest BCUT2D eigenvalue weighted by atomic mass is 32.2. The summed E-state index contributed by atoms with van der Waals surface area (Å²) in [7, 11) is -2.75. The van der Waals surface area contributed by atoms with E-state index in [2.05, 4.69) is 10.2 Å². The highest BCUT2D eigenvalue weighted by Gasteiger charge is 2.48. The van der Waals surface area contributed by atoms with E-state index in [4.69, 9.17) is 0 Å². The molecule has 5 heteroatoms. The van der Waals surface area contributed by atoms with Crippen LogP contribution in [0.25, 0.3) is 0 Å². The minimum absolute atomic E-state index is 0.00926. The zero-order valence-corrected chi connectivity index (χ0v) is 5.50. The number of nitrogens with zero attached hydrogens (tertiary/aromatic N) is 2. The molecule has 2 aliphatic rings. The molecular formula is C4H6N2O2S. The first-order chi connectivity index (χ1) is 4.20. The Hall–Kier alpha value is -0.450. The van der Waals surface area contributed by atoms with Crippen LogP contribution in [0.2, 0.25) is 0 Å². The van der Waals surface area contributed by atoms with E-state index >= 15 is 0 Å². The van der Waals surface area contributed by atoms with Crippen LogP contribution >= 0.6 is 0 Å². The molecule has 0 radical (unpaired) electrons. The van der Waals surface area contributed by atoms with E-state index in [1.807, 2.05) is 0 Å². The van der Waals surface area contributed by atoms with Gasteiger partial charge in [-0.05, 0) is 0 Å². The third-order valence-electron chi connectivity index (χ3n) is 1.79. The SMILES string of the molecule is O=S1(=O)C[C@@H]2N=NC[C@@H]21. The quantitative estimate of drug-likeness (QED) is 0.467. The van der Waals surface area contributed by atoms with Crippen molar-refractivity contribution in [3.8, 4) is 0 Å². The van der Waals surface area contributed by atoms with Gasteiger partial charge in [-0.2, -0.15) is 10.2 Å². The minimum atomic E-state index is -2.75. The Kier molecular flexibility index (Phi) is 0.795. The second-order valence-corrected chi connectivity index (χ2v) is 4.64. The number of fused-ring (bicyclic) bond motifs is 1. The van der Waals surface area contributed by atoms with E-state index < -0.39 is 9.84 Å². The van der Waals surface area contributed by atoms with E-state index in [1.165, 1.54) is 0 Å². The molecule has 0 unspecified atom stereocenters. The van der Waals surface area contributed by atoms with Crippen LogP contribution in [0.4, 0.5) is 0 Å². The molecule has 2 atom stereocenters. The van der Waals surface area contributed by atoms with Gasteiger partial charge in [-0.25, -0.2) is 8.42 Å². The molecular weight excluding hydrogens is 140 g/mol. The lowest BCUT2D eigenvalue weighted by Gasteiger charge is -2.25. The first-order valence-electron chi connectivity index (χ1n) is 2.78. The first-order valence-corrected chi connectivity index (χ1v) is 4.50. The van der Waals surface area contributed by atoms with E-state index in [0.717, 1.165) is 0 Å². The lowest BCUT2D eigenvalue weighted by atomic mass is 10.2. The topological polar surface area (TPSA) is 58.9 Å². The average molecular weight is 146 g/mol. The second-order valence-electron chi connectivity index (χ2n) is 2.37. The standard InChI is InChI=1S/C4H6N2O2S/c7-9(8)2-3-4(9)1-5-6-3/h3-4H,1-2H2/t3-,4-/m0/s1. The maximum absolute atomic E-state index is 10.8. The van der Waals surface area contributed by atoms with Crippen LogP contribution in [-0.4, -0.2) is 32.0 Å². The Labute approximate surface area is 52.9 Å². The summed E-state index contributed by atoms with van der Waals surface area (Å²) in [6.45, 7) is 0.396. The maximum atomic E-state index is 10.8. The molecule has 0 saturated carbocycles. The van der Waals surface area contributed by atoms with E-state index in [1.54, 1.807) is 0 Å². The van der Waals surface area contributed by atoms with Crippen molar-refractivity contribution in [1.29, 1.82) is 0 Å². The van der Waals surface area contributed by atoms with Gasteiger partial charge in [0, 0.05) is 0 Å². The fourth-order valence-corrected chi connectivity index (χ4v) is 2.75. The molecule has 1 saturated heterocycles. The van der Waals surface area contributed by atoms with Crippen molar-refractivity contribution in [2.24, 2.45) is 10.2 Å². The lowest BCUT2D eigenvalue weighted by Crippen LogP contribution is -2.49. The lowest BCUT2D eigenvalue weighted by molar-refractivity contribution is 0.539. The Morgan fingerprint density at radius 3 is 2.67 bits per heavy atom. The summed E-state index contributed by atoms with van der Waals surface area (Å²) in [5, 5.41) is 7.14. The molecule has 2 heterocycles. The molecule has 0 bridgehead atoms. The monoisotopic (exact) mass is 146 g/mol. The highest BCUT2D eigenvalue weighted by Crippen LogP contribution is 2.29. The smallest absolute Gasteiger partial charge is 0.159 e. The molecule has 0 aromatic rings. The zero-order chi connectivity index (χ0) is 6.48. The van der Waals surface area contributed by atoms with Gasteiger partial charge in [-0.15, -0.1) is 0 Å². The summed E-state index contributed by atoms with van der Waals surface area (Å²) in [5.74, 6) is 0.223. The predicted octanol–water partition coefficient (Wildman–Crippen LogP) is -0.382. The van der Waals surface area contributed by atoms with Gasteiger partial charge in [0.1, 0.15) is 11.3 Å². The summed E-state index contributed by atoms with van der Waals surface area (Å²) < 4.78 is 21.6. The molecule has 0 aromatic carbocycles. The van der Waals surface area contributed by atoms with Gasteiger partial charge >= 0.3 is 0 Å². The molecule has 1 fully saturated rings. The van der Waals surface area contributed by atoms with Crippen LogP contribution in [0.1, 0.15) is 0 Å². The molecule has 2 rings (SSSR count). The van der Waals surface area contributed by atoms with Crippen LogP contribution in [-0.2, 0) is 9.84 Å². The molecule has 0 spiro atoms. The van der Waals surface area contributed by atoms with Crippen molar-refractivity contribution in [2.75, 3.05) is 12.3 Å². The van der Waals surface area contributed by atoms with Crippen LogP contribution in [0.3, 0.4) is 0 Å². The number of rotatable bonds is 0. The summed E-state index contributed by atoms with van der Waals surface area (Å²) in [5.41, 5.74) is 0. The molecule has 0 aromatic heterocycles. The fourth-order valence-electron chi connectivity index (χ4n) is 1.16. The Morgan fingerprint density at radius 1 is 1.44 bits per heavy atom. The molecule has 4 nitrogen and oxygen atoms in total. The van der Waals surface area contributed by atoms with Crippen LogP contribution in [0, 0.1) is 0 Å². The van der Waals surface area contributed by atoms with Gasteiger partial charge in [-0.1, -0.05) is 0 Å². The van der Waals surface area contributed by atoms with Gasteiger partial charge in [-0.3, -0.25) is 0 Å². The van der Waals surface area contributed by atoms with Crippen LogP contribution in [0.15, 0.2) is 10.2 Å². The van der Waals surface area contributed by atoms with Gasteiger partial charge in [0.05, 0.1) is 12.3 Å². The van der Waals surface area contributed by atoms with Crippen molar-refractivity contribution in [3.63, 3.8) is 0 Å². The zero-order valence-electron chi connectivity index (χ0n) is 4.69. The largest absolute Gasteiger partial charge is 0.228 e. The van der Waals surface area contributed by atoms with Crippen LogP contribution < -0.4 is 0 Å². The molecule has 0 aliphatic carbocycles. The molecule has 9 heavy (non-hydrogen) atoms. The summed E-state index contributed by atoms with van der Waals surface area (Å²) >= 11 is 0. The van der Waals surface area contributed by atoms with Crippen molar-refractivity contribution in [3.05, 3.63) is 0 Å². The second kappa shape index (κ2) is 1.34. The summed E-state index contributed by atoms with van der Waals surface area (Å²) in [6, 6.07) is 0.00926.